The number of rotatable bonds is 12. The first-order valence-corrected chi connectivity index (χ1v) is 11.6. The summed E-state index contributed by atoms with van der Waals surface area (Å²) in [4.78, 5) is 17.5. The van der Waals surface area contributed by atoms with E-state index in [2.05, 4.69) is 43.2 Å². The van der Waals surface area contributed by atoms with Gasteiger partial charge in [-0.15, -0.1) is 0 Å². The number of aromatic nitrogens is 2. The van der Waals surface area contributed by atoms with E-state index in [4.69, 9.17) is 4.74 Å². The number of amides is 1. The average Bonchev–Trinajstić information content (AvgIpc) is 3.20. The second kappa shape index (κ2) is 11.5. The fourth-order valence-electron chi connectivity index (χ4n) is 3.68. The Labute approximate surface area is 185 Å². The second-order valence-corrected chi connectivity index (χ2v) is 8.25. The van der Waals surface area contributed by atoms with Crippen molar-refractivity contribution in [2.45, 2.75) is 77.7 Å². The van der Waals surface area contributed by atoms with Crippen LogP contribution in [-0.2, 0) is 4.79 Å². The normalized spacial score (nSPS) is 13.1. The van der Waals surface area contributed by atoms with Crippen LogP contribution in [0.4, 0.5) is 5.82 Å². The van der Waals surface area contributed by atoms with Crippen LogP contribution in [0.2, 0.25) is 0 Å². The van der Waals surface area contributed by atoms with Gasteiger partial charge in [0.1, 0.15) is 17.2 Å². The largest absolute Gasteiger partial charge is 0.481 e. The van der Waals surface area contributed by atoms with E-state index >= 15 is 0 Å². The fraction of sp³-hybridized carbons (Fsp3) is 0.462. The number of unbranched alkanes of at least 4 members (excludes halogenated alkanes) is 4. The van der Waals surface area contributed by atoms with Gasteiger partial charge in [0, 0.05) is 6.20 Å². The summed E-state index contributed by atoms with van der Waals surface area (Å²) in [7, 11) is 0. The third kappa shape index (κ3) is 6.33. The van der Waals surface area contributed by atoms with E-state index in [1.165, 1.54) is 24.8 Å². The standard InChI is InChI=1S/C26H35N3O2/c1-4-6-7-8-9-12-23(31-22-16-14-21(15-17-22)20(3)5-2)26(30)28-25-19-27-24-13-10-11-18-29(24)25/h10-11,13-20,23H,4-9,12H2,1-3H3,(H,28,30). The third-order valence-corrected chi connectivity index (χ3v) is 5.87. The van der Waals surface area contributed by atoms with Gasteiger partial charge in [-0.2, -0.15) is 0 Å². The minimum Gasteiger partial charge on any atom is -0.481 e. The molecule has 5 nitrogen and oxygen atoms in total. The van der Waals surface area contributed by atoms with E-state index in [1.54, 1.807) is 6.20 Å². The maximum Gasteiger partial charge on any atom is 0.266 e. The van der Waals surface area contributed by atoms with Gasteiger partial charge in [-0.05, 0) is 55.0 Å². The molecular weight excluding hydrogens is 386 g/mol. The number of benzene rings is 1. The summed E-state index contributed by atoms with van der Waals surface area (Å²) in [6.45, 7) is 6.62. The van der Waals surface area contributed by atoms with Crippen LogP contribution < -0.4 is 10.1 Å². The first-order chi connectivity index (χ1) is 15.1. The summed E-state index contributed by atoms with van der Waals surface area (Å²) < 4.78 is 8.04. The smallest absolute Gasteiger partial charge is 0.266 e. The third-order valence-electron chi connectivity index (χ3n) is 5.87. The molecule has 0 aliphatic heterocycles. The van der Waals surface area contributed by atoms with Crippen molar-refractivity contribution >= 4 is 17.4 Å². The van der Waals surface area contributed by atoms with Crippen molar-refractivity contribution in [1.29, 1.82) is 0 Å². The van der Waals surface area contributed by atoms with E-state index in [0.717, 1.165) is 30.7 Å². The van der Waals surface area contributed by atoms with Crippen molar-refractivity contribution in [1.82, 2.24) is 9.38 Å². The topological polar surface area (TPSA) is 55.6 Å². The van der Waals surface area contributed by atoms with Gasteiger partial charge in [0.2, 0.25) is 0 Å². The molecule has 0 bridgehead atoms. The highest BCUT2D eigenvalue weighted by molar-refractivity contribution is 5.94. The van der Waals surface area contributed by atoms with Gasteiger partial charge in [0.25, 0.3) is 5.91 Å². The first-order valence-electron chi connectivity index (χ1n) is 11.6. The van der Waals surface area contributed by atoms with Gasteiger partial charge in [-0.25, -0.2) is 4.98 Å². The van der Waals surface area contributed by atoms with Crippen LogP contribution in [-0.4, -0.2) is 21.4 Å². The maximum absolute atomic E-state index is 13.1. The van der Waals surface area contributed by atoms with Crippen LogP contribution in [0.5, 0.6) is 5.75 Å². The molecule has 2 unspecified atom stereocenters. The van der Waals surface area contributed by atoms with Crippen molar-refractivity contribution in [3.8, 4) is 5.75 Å². The summed E-state index contributed by atoms with van der Waals surface area (Å²) in [5.41, 5.74) is 2.09. The minimum absolute atomic E-state index is 0.132. The average molecular weight is 422 g/mol. The lowest BCUT2D eigenvalue weighted by Crippen LogP contribution is -2.33. The van der Waals surface area contributed by atoms with Crippen LogP contribution in [0.1, 0.15) is 77.2 Å². The van der Waals surface area contributed by atoms with E-state index < -0.39 is 6.10 Å². The van der Waals surface area contributed by atoms with Crippen molar-refractivity contribution in [2.24, 2.45) is 0 Å². The zero-order valence-corrected chi connectivity index (χ0v) is 19.0. The monoisotopic (exact) mass is 421 g/mol. The van der Waals surface area contributed by atoms with Crippen molar-refractivity contribution in [3.63, 3.8) is 0 Å². The van der Waals surface area contributed by atoms with Gasteiger partial charge in [-0.1, -0.05) is 64.7 Å². The summed E-state index contributed by atoms with van der Waals surface area (Å²) >= 11 is 0. The molecule has 0 fully saturated rings. The minimum atomic E-state index is -0.537. The molecule has 31 heavy (non-hydrogen) atoms. The number of ether oxygens (including phenoxy) is 1. The Bertz CT molecular complexity index is 949. The molecule has 5 heteroatoms. The predicted octanol–water partition coefficient (Wildman–Crippen LogP) is 6.59. The number of hydrogen-bond donors (Lipinski definition) is 1. The molecule has 0 radical (unpaired) electrons. The Hall–Kier alpha value is -2.82. The number of nitrogens with one attached hydrogen (secondary N) is 1. The highest BCUT2D eigenvalue weighted by Crippen LogP contribution is 2.23. The lowest BCUT2D eigenvalue weighted by Gasteiger charge is -2.19. The van der Waals surface area contributed by atoms with Crippen molar-refractivity contribution in [2.75, 3.05) is 5.32 Å². The summed E-state index contributed by atoms with van der Waals surface area (Å²) in [5.74, 6) is 1.78. The van der Waals surface area contributed by atoms with Crippen LogP contribution in [0, 0.1) is 0 Å². The fourth-order valence-corrected chi connectivity index (χ4v) is 3.68. The molecule has 1 N–H and O–H groups in total. The Morgan fingerprint density at radius 1 is 1.06 bits per heavy atom. The summed E-state index contributed by atoms with van der Waals surface area (Å²) in [5, 5.41) is 3.01. The molecule has 1 amide bonds. The second-order valence-electron chi connectivity index (χ2n) is 8.25. The van der Waals surface area contributed by atoms with Crippen molar-refractivity contribution in [3.05, 3.63) is 60.4 Å². The molecule has 0 spiro atoms. The zero-order chi connectivity index (χ0) is 22.1. The molecule has 3 rings (SSSR count). The Morgan fingerprint density at radius 2 is 1.84 bits per heavy atom. The quantitative estimate of drug-likeness (QED) is 0.335. The molecule has 2 aromatic heterocycles. The Morgan fingerprint density at radius 3 is 2.58 bits per heavy atom. The molecular formula is C26H35N3O2. The number of carbonyl (C=O) groups is 1. The van der Waals surface area contributed by atoms with Gasteiger partial charge >= 0.3 is 0 Å². The van der Waals surface area contributed by atoms with Crippen LogP contribution in [0.15, 0.2) is 54.9 Å². The lowest BCUT2D eigenvalue weighted by atomic mass is 9.99. The molecule has 3 aromatic rings. The van der Waals surface area contributed by atoms with Gasteiger partial charge in [-0.3, -0.25) is 9.20 Å². The number of fused-ring (bicyclic) bond motifs is 1. The first kappa shape index (κ1) is 22.9. The molecule has 0 aliphatic carbocycles. The summed E-state index contributed by atoms with van der Waals surface area (Å²) in [6.07, 6.45) is 10.6. The molecule has 166 valence electrons. The van der Waals surface area contributed by atoms with Crippen LogP contribution in [0.25, 0.3) is 5.65 Å². The Balaban J connectivity index is 1.69. The van der Waals surface area contributed by atoms with Gasteiger partial charge < -0.3 is 10.1 Å². The van der Waals surface area contributed by atoms with E-state index in [0.29, 0.717) is 18.2 Å². The molecule has 0 aliphatic rings. The van der Waals surface area contributed by atoms with Gasteiger partial charge in [0.15, 0.2) is 6.10 Å². The van der Waals surface area contributed by atoms with E-state index in [9.17, 15) is 4.79 Å². The lowest BCUT2D eigenvalue weighted by molar-refractivity contribution is -0.123. The SMILES string of the molecule is CCCCCCCC(Oc1ccc(C(C)CC)cc1)C(=O)Nc1cnc2ccccn12. The highest BCUT2D eigenvalue weighted by atomic mass is 16.5. The van der Waals surface area contributed by atoms with Crippen LogP contribution in [0.3, 0.4) is 0 Å². The number of imidazole rings is 1. The van der Waals surface area contributed by atoms with Crippen molar-refractivity contribution < 1.29 is 9.53 Å². The number of carbonyl (C=O) groups excluding carboxylic acids is 1. The molecule has 2 atom stereocenters. The molecule has 1 aromatic carbocycles. The highest BCUT2D eigenvalue weighted by Gasteiger charge is 2.21. The number of nitrogens with zero attached hydrogens (tertiary/aromatic N) is 2. The molecule has 2 heterocycles. The van der Waals surface area contributed by atoms with Gasteiger partial charge in [0.05, 0.1) is 6.20 Å². The Kier molecular flexibility index (Phi) is 8.51. The summed E-state index contributed by atoms with van der Waals surface area (Å²) in [6, 6.07) is 13.9. The number of hydrogen-bond acceptors (Lipinski definition) is 3. The van der Waals surface area contributed by atoms with Crippen LogP contribution >= 0.6 is 0 Å². The number of pyridine rings is 1. The van der Waals surface area contributed by atoms with E-state index in [-0.39, 0.29) is 5.91 Å². The predicted molar refractivity (Wildman–Crippen MR) is 127 cm³/mol. The number of anilines is 1. The molecule has 0 saturated heterocycles. The zero-order valence-electron chi connectivity index (χ0n) is 19.0. The van der Waals surface area contributed by atoms with E-state index in [1.807, 2.05) is 40.9 Å². The maximum atomic E-state index is 13.1. The molecule has 0 saturated carbocycles.